The predicted molar refractivity (Wildman–Crippen MR) is 50.3 cm³/mol. The van der Waals surface area contributed by atoms with Crippen LogP contribution in [0.3, 0.4) is 0 Å². The summed E-state index contributed by atoms with van der Waals surface area (Å²) in [6, 6.07) is 7.44. The van der Waals surface area contributed by atoms with E-state index in [-0.39, 0.29) is 12.4 Å². The number of halogens is 1. The molecule has 64 valence electrons. The van der Waals surface area contributed by atoms with Gasteiger partial charge in [0, 0.05) is 0 Å². The molecule has 0 aliphatic heterocycles. The highest BCUT2D eigenvalue weighted by atomic mass is 79.9. The van der Waals surface area contributed by atoms with Crippen molar-refractivity contribution in [3.63, 3.8) is 0 Å². The molecule has 0 aliphatic carbocycles. The molecule has 0 saturated heterocycles. The molecule has 12 heavy (non-hydrogen) atoms. The normalized spacial score (nSPS) is 9.50. The van der Waals surface area contributed by atoms with E-state index in [0.29, 0.717) is 5.75 Å². The van der Waals surface area contributed by atoms with E-state index in [2.05, 4.69) is 15.9 Å². The Morgan fingerprint density at radius 2 is 2.17 bits per heavy atom. The zero-order chi connectivity index (χ0) is 8.97. The van der Waals surface area contributed by atoms with Crippen LogP contribution in [0.25, 0.3) is 0 Å². The zero-order valence-electron chi connectivity index (χ0n) is 6.71. The average molecular weight is 229 g/mol. The van der Waals surface area contributed by atoms with E-state index in [9.17, 15) is 4.79 Å². The summed E-state index contributed by atoms with van der Waals surface area (Å²) in [7, 11) is 0. The number of rotatable bonds is 3. The molecular formula is C9H9BrO2. The third-order valence-electron chi connectivity index (χ3n) is 1.27. The third kappa shape index (κ3) is 2.66. The third-order valence-corrected chi connectivity index (χ3v) is 1.92. The number of Topliss-reactive ketones (excluding diaryl/α,β-unsaturated/α-hetero) is 1. The van der Waals surface area contributed by atoms with Crippen LogP contribution in [-0.2, 0) is 4.79 Å². The fraction of sp³-hybridized carbons (Fsp3) is 0.222. The second-order valence-corrected chi connectivity index (χ2v) is 3.28. The predicted octanol–water partition coefficient (Wildman–Crippen LogP) is 2.42. The van der Waals surface area contributed by atoms with Crippen molar-refractivity contribution in [3.8, 4) is 5.75 Å². The van der Waals surface area contributed by atoms with Gasteiger partial charge in [0.25, 0.3) is 0 Å². The summed E-state index contributed by atoms with van der Waals surface area (Å²) in [6.07, 6.45) is 0. The molecule has 0 heterocycles. The number of hydrogen-bond acceptors (Lipinski definition) is 2. The fourth-order valence-corrected chi connectivity index (χ4v) is 1.14. The number of carbonyl (C=O) groups excluding carboxylic acids is 1. The van der Waals surface area contributed by atoms with Crippen molar-refractivity contribution >= 4 is 21.7 Å². The Labute approximate surface area is 79.7 Å². The van der Waals surface area contributed by atoms with Crippen LogP contribution in [0.2, 0.25) is 0 Å². The molecule has 1 aromatic carbocycles. The van der Waals surface area contributed by atoms with Crippen molar-refractivity contribution in [2.75, 3.05) is 6.61 Å². The van der Waals surface area contributed by atoms with E-state index in [1.165, 1.54) is 6.92 Å². The quantitative estimate of drug-likeness (QED) is 0.795. The second kappa shape index (κ2) is 4.26. The Morgan fingerprint density at radius 1 is 1.50 bits per heavy atom. The van der Waals surface area contributed by atoms with Crippen LogP contribution >= 0.6 is 15.9 Å². The number of para-hydroxylation sites is 1. The molecule has 0 spiro atoms. The van der Waals surface area contributed by atoms with Crippen molar-refractivity contribution in [2.24, 2.45) is 0 Å². The highest BCUT2D eigenvalue weighted by molar-refractivity contribution is 9.10. The van der Waals surface area contributed by atoms with Gasteiger partial charge in [0.15, 0.2) is 5.78 Å². The average Bonchev–Trinajstić information content (AvgIpc) is 2.03. The van der Waals surface area contributed by atoms with Crippen LogP contribution in [0, 0.1) is 0 Å². The standard InChI is InChI=1S/C9H9BrO2/c1-7(11)6-12-9-5-3-2-4-8(9)10/h2-5H,6H2,1H3. The van der Waals surface area contributed by atoms with Gasteiger partial charge in [-0.2, -0.15) is 0 Å². The van der Waals surface area contributed by atoms with Gasteiger partial charge in [-0.1, -0.05) is 12.1 Å². The van der Waals surface area contributed by atoms with E-state index < -0.39 is 0 Å². The molecule has 0 saturated carbocycles. The van der Waals surface area contributed by atoms with E-state index in [4.69, 9.17) is 4.74 Å². The van der Waals surface area contributed by atoms with Gasteiger partial charge in [0.1, 0.15) is 12.4 Å². The Hall–Kier alpha value is -0.830. The molecule has 0 fully saturated rings. The Kier molecular flexibility index (Phi) is 3.29. The van der Waals surface area contributed by atoms with E-state index in [1.54, 1.807) is 0 Å². The van der Waals surface area contributed by atoms with Gasteiger partial charge in [0.2, 0.25) is 0 Å². The second-order valence-electron chi connectivity index (χ2n) is 2.42. The summed E-state index contributed by atoms with van der Waals surface area (Å²) >= 11 is 3.31. The Morgan fingerprint density at radius 3 is 2.75 bits per heavy atom. The maximum atomic E-state index is 10.6. The first kappa shape index (κ1) is 9.26. The maximum Gasteiger partial charge on any atom is 0.167 e. The molecule has 0 unspecified atom stereocenters. The van der Waals surface area contributed by atoms with Crippen molar-refractivity contribution in [1.29, 1.82) is 0 Å². The Balaban J connectivity index is 2.63. The van der Waals surface area contributed by atoms with Crippen molar-refractivity contribution in [1.82, 2.24) is 0 Å². The summed E-state index contributed by atoms with van der Waals surface area (Å²) in [5.74, 6) is 0.721. The first-order valence-corrected chi connectivity index (χ1v) is 4.36. The van der Waals surface area contributed by atoms with E-state index >= 15 is 0 Å². The van der Waals surface area contributed by atoms with Crippen LogP contribution in [0.4, 0.5) is 0 Å². The van der Waals surface area contributed by atoms with Gasteiger partial charge in [0.05, 0.1) is 4.47 Å². The van der Waals surface area contributed by atoms with E-state index in [0.717, 1.165) is 4.47 Å². The van der Waals surface area contributed by atoms with Crippen LogP contribution in [0.1, 0.15) is 6.92 Å². The topological polar surface area (TPSA) is 26.3 Å². The van der Waals surface area contributed by atoms with Gasteiger partial charge in [-0.25, -0.2) is 0 Å². The number of benzene rings is 1. The van der Waals surface area contributed by atoms with Crippen LogP contribution in [-0.4, -0.2) is 12.4 Å². The van der Waals surface area contributed by atoms with Crippen molar-refractivity contribution < 1.29 is 9.53 Å². The van der Waals surface area contributed by atoms with Crippen LogP contribution < -0.4 is 4.74 Å². The highest BCUT2D eigenvalue weighted by Crippen LogP contribution is 2.23. The largest absolute Gasteiger partial charge is 0.485 e. The molecule has 3 heteroatoms. The van der Waals surface area contributed by atoms with Crippen LogP contribution in [0.15, 0.2) is 28.7 Å². The highest BCUT2D eigenvalue weighted by Gasteiger charge is 1.99. The molecule has 0 bridgehead atoms. The molecule has 0 aromatic heterocycles. The van der Waals surface area contributed by atoms with Gasteiger partial charge >= 0.3 is 0 Å². The number of ether oxygens (including phenoxy) is 1. The van der Waals surface area contributed by atoms with Gasteiger partial charge in [-0.05, 0) is 35.0 Å². The van der Waals surface area contributed by atoms with Gasteiger partial charge < -0.3 is 4.74 Å². The van der Waals surface area contributed by atoms with Crippen LogP contribution in [0.5, 0.6) is 5.75 Å². The number of hydrogen-bond donors (Lipinski definition) is 0. The molecule has 0 radical (unpaired) electrons. The minimum atomic E-state index is 0.0192. The first-order chi connectivity index (χ1) is 5.70. The SMILES string of the molecule is CC(=O)COc1ccccc1Br. The monoisotopic (exact) mass is 228 g/mol. The zero-order valence-corrected chi connectivity index (χ0v) is 8.30. The minimum absolute atomic E-state index is 0.0192. The lowest BCUT2D eigenvalue weighted by molar-refractivity contribution is -0.118. The first-order valence-electron chi connectivity index (χ1n) is 3.57. The van der Waals surface area contributed by atoms with Gasteiger partial charge in [-0.3, -0.25) is 4.79 Å². The van der Waals surface area contributed by atoms with Crippen molar-refractivity contribution in [2.45, 2.75) is 6.92 Å². The summed E-state index contributed by atoms with van der Waals surface area (Å²) < 4.78 is 6.07. The number of ketones is 1. The maximum absolute atomic E-state index is 10.6. The smallest absolute Gasteiger partial charge is 0.167 e. The molecule has 1 aromatic rings. The molecule has 0 atom stereocenters. The van der Waals surface area contributed by atoms with Gasteiger partial charge in [-0.15, -0.1) is 0 Å². The molecule has 0 N–H and O–H groups in total. The summed E-state index contributed by atoms with van der Waals surface area (Å²) in [5, 5.41) is 0. The lowest BCUT2D eigenvalue weighted by Gasteiger charge is -2.04. The lowest BCUT2D eigenvalue weighted by atomic mass is 10.3. The molecule has 0 aliphatic rings. The minimum Gasteiger partial charge on any atom is -0.485 e. The molecule has 1 rings (SSSR count). The molecular weight excluding hydrogens is 220 g/mol. The lowest BCUT2D eigenvalue weighted by Crippen LogP contribution is -2.06. The van der Waals surface area contributed by atoms with E-state index in [1.807, 2.05) is 24.3 Å². The summed E-state index contributed by atoms with van der Waals surface area (Å²) in [4.78, 5) is 10.6. The molecule has 2 nitrogen and oxygen atoms in total. The summed E-state index contributed by atoms with van der Waals surface area (Å²) in [6.45, 7) is 1.62. The van der Waals surface area contributed by atoms with Crippen molar-refractivity contribution in [3.05, 3.63) is 28.7 Å². The fourth-order valence-electron chi connectivity index (χ4n) is 0.741. The Bertz CT molecular complexity index is 284. The molecule has 0 amide bonds. The number of carbonyl (C=O) groups is 1. The summed E-state index contributed by atoms with van der Waals surface area (Å²) in [5.41, 5.74) is 0.